The second-order valence-corrected chi connectivity index (χ2v) is 4.81. The van der Waals surface area contributed by atoms with E-state index in [4.69, 9.17) is 0 Å². The molecule has 5 nitrogen and oxygen atoms in total. The minimum atomic E-state index is -0.0403. The highest BCUT2D eigenvalue weighted by molar-refractivity contribution is 7.09. The Morgan fingerprint density at radius 1 is 1.59 bits per heavy atom. The van der Waals surface area contributed by atoms with Crippen molar-refractivity contribution in [3.8, 4) is 0 Å². The summed E-state index contributed by atoms with van der Waals surface area (Å²) >= 11 is 1.49. The number of rotatable bonds is 4. The van der Waals surface area contributed by atoms with Crippen molar-refractivity contribution in [2.75, 3.05) is 13.6 Å². The van der Waals surface area contributed by atoms with Crippen LogP contribution in [0.5, 0.6) is 0 Å². The molecular weight excluding hydrogens is 236 g/mol. The van der Waals surface area contributed by atoms with Gasteiger partial charge < -0.3 is 4.90 Å². The molecular formula is C11H14N4OS. The first kappa shape index (κ1) is 11.8. The highest BCUT2D eigenvalue weighted by Crippen LogP contribution is 2.09. The van der Waals surface area contributed by atoms with Crippen molar-refractivity contribution in [2.24, 2.45) is 0 Å². The first-order valence-electron chi connectivity index (χ1n) is 5.32. The molecule has 0 saturated carbocycles. The summed E-state index contributed by atoms with van der Waals surface area (Å²) in [6.45, 7) is 3.21. The van der Waals surface area contributed by atoms with Gasteiger partial charge >= 0.3 is 0 Å². The smallest absolute Gasteiger partial charge is 0.273 e. The topological polar surface area (TPSA) is 51.0 Å². The molecule has 0 fully saturated rings. The highest BCUT2D eigenvalue weighted by atomic mass is 32.1. The van der Waals surface area contributed by atoms with E-state index in [0.717, 1.165) is 5.01 Å². The SMILES string of the molecule is Cc1nc(C(=O)N(C)CCn2cccn2)cs1. The fourth-order valence-corrected chi connectivity index (χ4v) is 2.03. The van der Waals surface area contributed by atoms with E-state index < -0.39 is 0 Å². The number of hydrogen-bond acceptors (Lipinski definition) is 4. The van der Waals surface area contributed by atoms with Crippen LogP contribution < -0.4 is 0 Å². The molecule has 0 aliphatic rings. The first-order valence-corrected chi connectivity index (χ1v) is 6.20. The molecule has 0 atom stereocenters. The predicted molar refractivity (Wildman–Crippen MR) is 66.0 cm³/mol. The van der Waals surface area contributed by atoms with Gasteiger partial charge in [-0.05, 0) is 13.0 Å². The fourth-order valence-electron chi connectivity index (χ4n) is 1.44. The quantitative estimate of drug-likeness (QED) is 0.824. The summed E-state index contributed by atoms with van der Waals surface area (Å²) in [5.41, 5.74) is 0.524. The fraction of sp³-hybridized carbons (Fsp3) is 0.364. The molecule has 2 heterocycles. The Morgan fingerprint density at radius 2 is 2.41 bits per heavy atom. The Balaban J connectivity index is 1.91. The van der Waals surface area contributed by atoms with Crippen LogP contribution >= 0.6 is 11.3 Å². The standard InChI is InChI=1S/C11H14N4OS/c1-9-13-10(8-17-9)11(16)14(2)6-7-15-5-3-4-12-15/h3-5,8H,6-7H2,1-2H3. The van der Waals surface area contributed by atoms with Gasteiger partial charge in [-0.25, -0.2) is 4.98 Å². The van der Waals surface area contributed by atoms with Crippen molar-refractivity contribution >= 4 is 17.2 Å². The minimum Gasteiger partial charge on any atom is -0.338 e. The number of aryl methyl sites for hydroxylation is 1. The zero-order valence-corrected chi connectivity index (χ0v) is 10.6. The molecule has 2 aromatic heterocycles. The van der Waals surface area contributed by atoms with Gasteiger partial charge in [-0.2, -0.15) is 5.10 Å². The molecule has 0 aromatic carbocycles. The van der Waals surface area contributed by atoms with Gasteiger partial charge in [0.25, 0.3) is 5.91 Å². The Morgan fingerprint density at radius 3 is 3.00 bits per heavy atom. The monoisotopic (exact) mass is 250 g/mol. The minimum absolute atomic E-state index is 0.0403. The number of amides is 1. The Labute approximate surface area is 104 Å². The lowest BCUT2D eigenvalue weighted by molar-refractivity contribution is 0.0784. The summed E-state index contributed by atoms with van der Waals surface area (Å²) in [7, 11) is 1.78. The lowest BCUT2D eigenvalue weighted by Gasteiger charge is -2.15. The summed E-state index contributed by atoms with van der Waals surface area (Å²) in [5.74, 6) is -0.0403. The van der Waals surface area contributed by atoms with Gasteiger partial charge in [0.15, 0.2) is 0 Å². The second-order valence-electron chi connectivity index (χ2n) is 3.75. The number of carbonyl (C=O) groups excluding carboxylic acids is 1. The number of aromatic nitrogens is 3. The third-order valence-electron chi connectivity index (χ3n) is 2.41. The summed E-state index contributed by atoms with van der Waals surface area (Å²) in [6.07, 6.45) is 3.61. The molecule has 0 radical (unpaired) electrons. The van der Waals surface area contributed by atoms with Gasteiger partial charge in [0.05, 0.1) is 11.6 Å². The van der Waals surface area contributed by atoms with E-state index in [1.165, 1.54) is 11.3 Å². The Hall–Kier alpha value is -1.69. The molecule has 0 unspecified atom stereocenters. The van der Waals surface area contributed by atoms with Crippen molar-refractivity contribution < 1.29 is 4.79 Å². The van der Waals surface area contributed by atoms with Crippen LogP contribution in [0.4, 0.5) is 0 Å². The van der Waals surface area contributed by atoms with Crippen molar-refractivity contribution in [3.63, 3.8) is 0 Å². The maximum Gasteiger partial charge on any atom is 0.273 e. The summed E-state index contributed by atoms with van der Waals surface area (Å²) < 4.78 is 1.80. The molecule has 0 saturated heterocycles. The molecule has 0 bridgehead atoms. The van der Waals surface area contributed by atoms with Crippen molar-refractivity contribution in [3.05, 3.63) is 34.5 Å². The number of hydrogen-bond donors (Lipinski definition) is 0. The predicted octanol–water partition coefficient (Wildman–Crippen LogP) is 1.42. The molecule has 0 aliphatic heterocycles. The van der Waals surface area contributed by atoms with Crippen LogP contribution in [0.3, 0.4) is 0 Å². The van der Waals surface area contributed by atoms with E-state index >= 15 is 0 Å². The van der Waals surface area contributed by atoms with Crippen LogP contribution in [-0.2, 0) is 6.54 Å². The molecule has 1 amide bonds. The number of carbonyl (C=O) groups is 1. The van der Waals surface area contributed by atoms with Gasteiger partial charge in [-0.15, -0.1) is 11.3 Å². The van der Waals surface area contributed by atoms with Crippen LogP contribution in [-0.4, -0.2) is 39.2 Å². The van der Waals surface area contributed by atoms with E-state index in [1.54, 1.807) is 28.2 Å². The summed E-state index contributed by atoms with van der Waals surface area (Å²) in [6, 6.07) is 1.87. The zero-order valence-electron chi connectivity index (χ0n) is 9.83. The lowest BCUT2D eigenvalue weighted by Crippen LogP contribution is -2.30. The van der Waals surface area contributed by atoms with Gasteiger partial charge in [0.2, 0.25) is 0 Å². The van der Waals surface area contributed by atoms with E-state index in [1.807, 2.05) is 19.2 Å². The molecule has 2 aromatic rings. The first-order chi connectivity index (χ1) is 8.16. The second kappa shape index (κ2) is 5.09. The van der Waals surface area contributed by atoms with Crippen LogP contribution in [0.1, 0.15) is 15.5 Å². The molecule has 6 heteroatoms. The highest BCUT2D eigenvalue weighted by Gasteiger charge is 2.14. The molecule has 0 aliphatic carbocycles. The number of thiazole rings is 1. The normalized spacial score (nSPS) is 10.5. The van der Waals surface area contributed by atoms with E-state index in [0.29, 0.717) is 18.8 Å². The van der Waals surface area contributed by atoms with Gasteiger partial charge in [-0.1, -0.05) is 0 Å². The largest absolute Gasteiger partial charge is 0.338 e. The zero-order chi connectivity index (χ0) is 12.3. The van der Waals surface area contributed by atoms with E-state index in [-0.39, 0.29) is 5.91 Å². The Bertz CT molecular complexity index is 491. The van der Waals surface area contributed by atoms with E-state index in [2.05, 4.69) is 10.1 Å². The Kier molecular flexibility index (Phi) is 3.53. The van der Waals surface area contributed by atoms with Gasteiger partial charge in [0.1, 0.15) is 5.69 Å². The third kappa shape index (κ3) is 2.91. The average molecular weight is 250 g/mol. The molecule has 0 spiro atoms. The van der Waals surface area contributed by atoms with Gasteiger partial charge in [-0.3, -0.25) is 9.48 Å². The molecule has 2 rings (SSSR count). The third-order valence-corrected chi connectivity index (χ3v) is 3.18. The van der Waals surface area contributed by atoms with Crippen molar-refractivity contribution in [2.45, 2.75) is 13.5 Å². The number of nitrogens with zero attached hydrogens (tertiary/aromatic N) is 4. The van der Waals surface area contributed by atoms with Crippen LogP contribution in [0.2, 0.25) is 0 Å². The lowest BCUT2D eigenvalue weighted by atomic mass is 10.4. The molecule has 0 N–H and O–H groups in total. The number of likely N-dealkylation sites (N-methyl/N-ethyl adjacent to an activating group) is 1. The van der Waals surface area contributed by atoms with Crippen molar-refractivity contribution in [1.82, 2.24) is 19.7 Å². The van der Waals surface area contributed by atoms with Crippen LogP contribution in [0, 0.1) is 6.92 Å². The van der Waals surface area contributed by atoms with Gasteiger partial charge in [0, 0.05) is 31.4 Å². The summed E-state index contributed by atoms with van der Waals surface area (Å²) in [5, 5.41) is 6.79. The summed E-state index contributed by atoms with van der Waals surface area (Å²) in [4.78, 5) is 17.8. The van der Waals surface area contributed by atoms with E-state index in [9.17, 15) is 4.79 Å². The maximum atomic E-state index is 12.0. The molecule has 17 heavy (non-hydrogen) atoms. The average Bonchev–Trinajstić information content (AvgIpc) is 2.95. The van der Waals surface area contributed by atoms with Crippen LogP contribution in [0.25, 0.3) is 0 Å². The van der Waals surface area contributed by atoms with Crippen LogP contribution in [0.15, 0.2) is 23.8 Å². The van der Waals surface area contributed by atoms with Crippen molar-refractivity contribution in [1.29, 1.82) is 0 Å². The maximum absolute atomic E-state index is 12.0. The molecule has 90 valence electrons.